The number of carbonyl (C=O) groups excluding carboxylic acids is 1. The molecule has 0 radical (unpaired) electrons. The molecule has 7 heteroatoms. The first-order valence-corrected chi connectivity index (χ1v) is 8.66. The lowest BCUT2D eigenvalue weighted by Gasteiger charge is -2.10. The second kappa shape index (κ2) is 6.68. The van der Waals surface area contributed by atoms with Crippen molar-refractivity contribution in [2.45, 2.75) is 20.4 Å². The van der Waals surface area contributed by atoms with Crippen molar-refractivity contribution in [2.75, 3.05) is 5.32 Å². The second-order valence-corrected chi connectivity index (χ2v) is 6.19. The molecule has 2 aromatic carbocycles. The van der Waals surface area contributed by atoms with Crippen LogP contribution in [0.4, 0.5) is 10.2 Å². The SMILES string of the molecule is CCn1c(-n2nc(C)cc2NC(=O)c2ccc(F)cc2)nc2ccccc21. The van der Waals surface area contributed by atoms with Crippen LogP contribution in [0.25, 0.3) is 17.0 Å². The quantitative estimate of drug-likeness (QED) is 0.597. The predicted molar refractivity (Wildman–Crippen MR) is 102 cm³/mol. The van der Waals surface area contributed by atoms with Crippen LogP contribution in [-0.2, 0) is 6.54 Å². The summed E-state index contributed by atoms with van der Waals surface area (Å²) >= 11 is 0. The highest BCUT2D eigenvalue weighted by atomic mass is 19.1. The summed E-state index contributed by atoms with van der Waals surface area (Å²) in [6, 6.07) is 15.0. The van der Waals surface area contributed by atoms with Crippen LogP contribution < -0.4 is 5.32 Å². The van der Waals surface area contributed by atoms with E-state index in [4.69, 9.17) is 0 Å². The number of amides is 1. The highest BCUT2D eigenvalue weighted by molar-refractivity contribution is 6.03. The third kappa shape index (κ3) is 3.08. The summed E-state index contributed by atoms with van der Waals surface area (Å²) < 4.78 is 16.8. The Morgan fingerprint density at radius 3 is 2.63 bits per heavy atom. The molecule has 136 valence electrons. The zero-order chi connectivity index (χ0) is 19.0. The molecule has 0 bridgehead atoms. The number of anilines is 1. The van der Waals surface area contributed by atoms with Gasteiger partial charge in [0.05, 0.1) is 16.7 Å². The molecule has 0 aliphatic carbocycles. The fourth-order valence-corrected chi connectivity index (χ4v) is 3.07. The summed E-state index contributed by atoms with van der Waals surface area (Å²) in [5, 5.41) is 7.35. The first-order valence-electron chi connectivity index (χ1n) is 8.66. The van der Waals surface area contributed by atoms with E-state index in [-0.39, 0.29) is 11.7 Å². The topological polar surface area (TPSA) is 64.7 Å². The molecule has 2 aromatic heterocycles. The van der Waals surface area contributed by atoms with Crippen LogP contribution in [0.15, 0.2) is 54.6 Å². The normalized spacial score (nSPS) is 11.1. The van der Waals surface area contributed by atoms with Crippen LogP contribution >= 0.6 is 0 Å². The number of para-hydroxylation sites is 2. The van der Waals surface area contributed by atoms with Crippen LogP contribution in [0.1, 0.15) is 23.0 Å². The minimum absolute atomic E-state index is 0.338. The maximum atomic E-state index is 13.1. The van der Waals surface area contributed by atoms with E-state index in [1.807, 2.05) is 42.7 Å². The molecule has 4 rings (SSSR count). The Morgan fingerprint density at radius 2 is 1.89 bits per heavy atom. The van der Waals surface area contributed by atoms with E-state index in [1.165, 1.54) is 24.3 Å². The summed E-state index contributed by atoms with van der Waals surface area (Å²) in [7, 11) is 0. The van der Waals surface area contributed by atoms with Gasteiger partial charge in [-0.3, -0.25) is 4.79 Å². The molecule has 0 saturated carbocycles. The number of fused-ring (bicyclic) bond motifs is 1. The number of nitrogens with zero attached hydrogens (tertiary/aromatic N) is 4. The number of carbonyl (C=O) groups is 1. The third-order valence-corrected chi connectivity index (χ3v) is 4.32. The number of rotatable bonds is 4. The summed E-state index contributed by atoms with van der Waals surface area (Å²) in [6.45, 7) is 4.59. The van der Waals surface area contributed by atoms with Crippen molar-refractivity contribution < 1.29 is 9.18 Å². The van der Waals surface area contributed by atoms with Gasteiger partial charge in [-0.25, -0.2) is 9.37 Å². The molecule has 1 N–H and O–H groups in total. The Labute approximate surface area is 155 Å². The van der Waals surface area contributed by atoms with Crippen molar-refractivity contribution in [3.63, 3.8) is 0 Å². The summed E-state index contributed by atoms with van der Waals surface area (Å²) in [6.07, 6.45) is 0. The van der Waals surface area contributed by atoms with Gasteiger partial charge < -0.3 is 9.88 Å². The van der Waals surface area contributed by atoms with Crippen LogP contribution in [0.5, 0.6) is 0 Å². The Kier molecular flexibility index (Phi) is 4.19. The van der Waals surface area contributed by atoms with Crippen molar-refractivity contribution >= 4 is 22.8 Å². The lowest BCUT2D eigenvalue weighted by atomic mass is 10.2. The molecule has 0 fully saturated rings. The lowest BCUT2D eigenvalue weighted by molar-refractivity contribution is 0.102. The van der Waals surface area contributed by atoms with Gasteiger partial charge >= 0.3 is 0 Å². The number of nitrogens with one attached hydrogen (secondary N) is 1. The Balaban J connectivity index is 1.76. The molecule has 0 unspecified atom stereocenters. The van der Waals surface area contributed by atoms with Gasteiger partial charge in [-0.2, -0.15) is 9.78 Å². The number of aromatic nitrogens is 4. The van der Waals surface area contributed by atoms with Crippen molar-refractivity contribution in [3.05, 3.63) is 71.7 Å². The van der Waals surface area contributed by atoms with Crippen LogP contribution in [0.2, 0.25) is 0 Å². The first kappa shape index (κ1) is 17.0. The summed E-state index contributed by atoms with van der Waals surface area (Å²) in [5.74, 6) is 0.410. The van der Waals surface area contributed by atoms with E-state index in [0.29, 0.717) is 23.9 Å². The van der Waals surface area contributed by atoms with Gasteiger partial charge in [0, 0.05) is 18.2 Å². The maximum Gasteiger partial charge on any atom is 0.256 e. The standard InChI is InChI=1S/C20H18FN5O/c1-3-25-17-7-5-4-6-16(17)22-20(25)26-18(12-13(2)24-26)23-19(27)14-8-10-15(21)11-9-14/h4-12H,3H2,1-2H3,(H,23,27). The van der Waals surface area contributed by atoms with Crippen LogP contribution in [-0.4, -0.2) is 25.2 Å². The van der Waals surface area contributed by atoms with E-state index in [0.717, 1.165) is 16.7 Å². The molecule has 0 spiro atoms. The molecule has 0 aliphatic rings. The van der Waals surface area contributed by atoms with Crippen LogP contribution in [0.3, 0.4) is 0 Å². The zero-order valence-corrected chi connectivity index (χ0v) is 15.0. The first-order chi connectivity index (χ1) is 13.1. The Bertz CT molecular complexity index is 1130. The monoisotopic (exact) mass is 363 g/mol. The third-order valence-electron chi connectivity index (χ3n) is 4.32. The Morgan fingerprint density at radius 1 is 1.15 bits per heavy atom. The molecular formula is C20H18FN5O. The predicted octanol–water partition coefficient (Wildman–Crippen LogP) is 3.94. The van der Waals surface area contributed by atoms with Crippen molar-refractivity contribution in [2.24, 2.45) is 0 Å². The highest BCUT2D eigenvalue weighted by Gasteiger charge is 2.18. The molecule has 27 heavy (non-hydrogen) atoms. The van der Waals surface area contributed by atoms with Gasteiger partial charge in [0.15, 0.2) is 0 Å². The number of benzene rings is 2. The van der Waals surface area contributed by atoms with E-state index < -0.39 is 0 Å². The minimum atomic E-state index is -0.385. The molecule has 0 atom stereocenters. The highest BCUT2D eigenvalue weighted by Crippen LogP contribution is 2.22. The van der Waals surface area contributed by atoms with Crippen molar-refractivity contribution in [1.82, 2.24) is 19.3 Å². The maximum absolute atomic E-state index is 13.1. The number of hydrogen-bond acceptors (Lipinski definition) is 3. The molecule has 1 amide bonds. The molecule has 2 heterocycles. The smallest absolute Gasteiger partial charge is 0.256 e. The van der Waals surface area contributed by atoms with Gasteiger partial charge in [-0.15, -0.1) is 0 Å². The minimum Gasteiger partial charge on any atom is -0.309 e. The lowest BCUT2D eigenvalue weighted by Crippen LogP contribution is -2.17. The molecule has 0 aliphatic heterocycles. The Hall–Kier alpha value is -3.48. The van der Waals surface area contributed by atoms with Gasteiger partial charge in [-0.1, -0.05) is 12.1 Å². The van der Waals surface area contributed by atoms with E-state index in [9.17, 15) is 9.18 Å². The number of aryl methyl sites for hydroxylation is 2. The molecular weight excluding hydrogens is 345 g/mol. The largest absolute Gasteiger partial charge is 0.309 e. The van der Waals surface area contributed by atoms with E-state index >= 15 is 0 Å². The van der Waals surface area contributed by atoms with Gasteiger partial charge in [-0.05, 0) is 50.2 Å². The van der Waals surface area contributed by atoms with Crippen LogP contribution in [0, 0.1) is 12.7 Å². The summed E-state index contributed by atoms with van der Waals surface area (Å²) in [5.41, 5.74) is 2.97. The number of imidazole rings is 1. The molecule has 0 saturated heterocycles. The molecule has 6 nitrogen and oxygen atoms in total. The second-order valence-electron chi connectivity index (χ2n) is 6.19. The fraction of sp³-hybridized carbons (Fsp3) is 0.150. The zero-order valence-electron chi connectivity index (χ0n) is 15.0. The van der Waals surface area contributed by atoms with E-state index in [2.05, 4.69) is 15.4 Å². The average Bonchev–Trinajstić information content (AvgIpc) is 3.21. The molecule has 4 aromatic rings. The van der Waals surface area contributed by atoms with Gasteiger partial charge in [0.25, 0.3) is 5.91 Å². The van der Waals surface area contributed by atoms with Crippen molar-refractivity contribution in [3.8, 4) is 5.95 Å². The summed E-state index contributed by atoms with van der Waals surface area (Å²) in [4.78, 5) is 17.2. The van der Waals surface area contributed by atoms with E-state index in [1.54, 1.807) is 10.7 Å². The number of hydrogen-bond donors (Lipinski definition) is 1. The average molecular weight is 363 g/mol. The fourth-order valence-electron chi connectivity index (χ4n) is 3.07. The number of halogens is 1. The van der Waals surface area contributed by atoms with Gasteiger partial charge in [0.1, 0.15) is 11.6 Å². The van der Waals surface area contributed by atoms with Gasteiger partial charge in [0.2, 0.25) is 5.95 Å². The van der Waals surface area contributed by atoms with Crippen molar-refractivity contribution in [1.29, 1.82) is 0 Å².